The highest BCUT2D eigenvalue weighted by atomic mass is 16.6. The van der Waals surface area contributed by atoms with Crippen LogP contribution in [0.1, 0.15) is 11.4 Å². The molecule has 0 fully saturated rings. The standard InChI is InChI=1S/C18H26N6O8/c19-11(1-9-3-21-7-23-9)17(29)31-6-14(27)15(28)16(13(26)5-25)32-18(30)12(20)2-10-4-22-8-24-10/h3-5,7-8,11-16,26-28H,1-2,6,19-20H2,(H,21,23)(H,22,24)/t11-,12-,13-,14+,15+,16+/m0/s1/i/hD2. The SMILES string of the molecule is [2H]N[C@@H](Cc1cnc[nH]1)C(=O)OC[C@@H](O)[C@@H](O)[C@H](OC(=O)[C@H](Cc1cnc[nH]1)N[2H])[C@@H](O)C=O. The highest BCUT2D eigenvalue weighted by Gasteiger charge is 2.37. The largest absolute Gasteiger partial charge is 0.462 e. The molecule has 2 aromatic heterocycles. The van der Waals surface area contributed by atoms with Crippen LogP contribution in [-0.2, 0) is 36.7 Å². The lowest BCUT2D eigenvalue weighted by Crippen LogP contribution is -2.51. The van der Waals surface area contributed by atoms with Crippen molar-refractivity contribution in [1.82, 2.24) is 19.9 Å². The number of ether oxygens (including phenoxy) is 2. The number of nitrogens with one attached hydrogen (secondary N) is 2. The van der Waals surface area contributed by atoms with Crippen molar-refractivity contribution < 1.29 is 42.0 Å². The van der Waals surface area contributed by atoms with E-state index in [1.165, 1.54) is 25.0 Å². The van der Waals surface area contributed by atoms with Gasteiger partial charge in [-0.3, -0.25) is 9.59 Å². The number of esters is 2. The Labute approximate surface area is 184 Å². The molecule has 0 aromatic carbocycles. The molecule has 14 nitrogen and oxygen atoms in total. The molecule has 0 unspecified atom stereocenters. The van der Waals surface area contributed by atoms with Crippen molar-refractivity contribution in [2.75, 3.05) is 6.61 Å². The number of aldehydes is 1. The lowest BCUT2D eigenvalue weighted by atomic mass is 10.0. The highest BCUT2D eigenvalue weighted by Crippen LogP contribution is 2.12. The molecule has 0 aliphatic heterocycles. The second kappa shape index (κ2) is 12.0. The average molecular weight is 456 g/mol. The number of carbonyl (C=O) groups is 3. The van der Waals surface area contributed by atoms with Crippen molar-refractivity contribution in [3.63, 3.8) is 0 Å². The third-order valence-corrected chi connectivity index (χ3v) is 4.38. The summed E-state index contributed by atoms with van der Waals surface area (Å²) in [5.74, 6) is -2.03. The maximum atomic E-state index is 12.4. The van der Waals surface area contributed by atoms with Crippen LogP contribution in [0.3, 0.4) is 0 Å². The first-order chi connectivity index (χ1) is 16.3. The number of aliphatic hydroxyl groups excluding tert-OH is 3. The van der Waals surface area contributed by atoms with Crippen molar-refractivity contribution in [3.05, 3.63) is 36.4 Å². The van der Waals surface area contributed by atoms with E-state index in [1.54, 1.807) is 0 Å². The van der Waals surface area contributed by atoms with Gasteiger partial charge in [-0.15, -0.1) is 0 Å². The number of rotatable bonds is 15. The van der Waals surface area contributed by atoms with Crippen molar-refractivity contribution in [2.24, 2.45) is 11.5 Å². The first-order valence-corrected chi connectivity index (χ1v) is 9.46. The van der Waals surface area contributed by atoms with Crippen LogP contribution in [-0.4, -0.2) is 96.6 Å². The van der Waals surface area contributed by atoms with Gasteiger partial charge >= 0.3 is 11.9 Å². The molecule has 0 radical (unpaired) electrons. The fourth-order valence-corrected chi connectivity index (χ4v) is 2.62. The van der Waals surface area contributed by atoms with Gasteiger partial charge in [-0.1, -0.05) is 0 Å². The molecule has 0 spiro atoms. The van der Waals surface area contributed by atoms with E-state index in [2.05, 4.69) is 19.9 Å². The number of H-pyrrole nitrogens is 2. The van der Waals surface area contributed by atoms with Crippen LogP contribution >= 0.6 is 0 Å². The summed E-state index contributed by atoms with van der Waals surface area (Å²) in [6, 6.07) is -2.37. The normalized spacial score (nSPS) is 17.7. The molecule has 2 rings (SSSR count). The lowest BCUT2D eigenvalue weighted by molar-refractivity contribution is -0.178. The number of carbonyl (C=O) groups excluding carboxylic acids is 3. The summed E-state index contributed by atoms with van der Waals surface area (Å²) in [4.78, 5) is 48.7. The first-order valence-electron chi connectivity index (χ1n) is 10.5. The molecule has 32 heavy (non-hydrogen) atoms. The van der Waals surface area contributed by atoms with Crippen LogP contribution in [0.4, 0.5) is 0 Å². The van der Waals surface area contributed by atoms with Crippen molar-refractivity contribution in [1.29, 1.82) is 0 Å². The summed E-state index contributed by atoms with van der Waals surface area (Å²) in [5, 5.41) is 30.5. The van der Waals surface area contributed by atoms with E-state index in [1.807, 2.05) is 11.5 Å². The number of aromatic nitrogens is 4. The highest BCUT2D eigenvalue weighted by molar-refractivity contribution is 5.76. The number of hydrogen-bond acceptors (Lipinski definition) is 12. The molecule has 6 atom stereocenters. The molecule has 2 heterocycles. The van der Waals surface area contributed by atoms with Gasteiger partial charge in [0.25, 0.3) is 0 Å². The summed E-state index contributed by atoms with van der Waals surface area (Å²) < 4.78 is 24.5. The molecule has 0 saturated carbocycles. The summed E-state index contributed by atoms with van der Waals surface area (Å²) in [6.07, 6.45) is -2.29. The molecule has 0 aliphatic rings. The topological polar surface area (TPSA) is 240 Å². The Bertz CT molecular complexity index is 887. The minimum Gasteiger partial charge on any atom is -0.462 e. The smallest absolute Gasteiger partial charge is 0.323 e. The van der Waals surface area contributed by atoms with Gasteiger partial charge in [0, 0.05) is 36.6 Å². The van der Waals surface area contributed by atoms with Crippen molar-refractivity contribution in [3.8, 4) is 0 Å². The number of aromatic amines is 2. The Balaban J connectivity index is 1.96. The molecule has 0 saturated heterocycles. The zero-order valence-electron chi connectivity index (χ0n) is 18.7. The van der Waals surface area contributed by atoms with Gasteiger partial charge in [0.15, 0.2) is 12.4 Å². The lowest BCUT2D eigenvalue weighted by Gasteiger charge is -2.28. The molecule has 14 heteroatoms. The monoisotopic (exact) mass is 456 g/mol. The Morgan fingerprint density at radius 2 is 1.62 bits per heavy atom. The van der Waals surface area contributed by atoms with Crippen molar-refractivity contribution in [2.45, 2.75) is 49.3 Å². The molecule has 0 amide bonds. The Hall–Kier alpha value is -3.17. The fourth-order valence-electron chi connectivity index (χ4n) is 2.62. The molecule has 2 aromatic rings. The van der Waals surface area contributed by atoms with Gasteiger partial charge in [-0.05, 0) is 0 Å². The van der Waals surface area contributed by atoms with Crippen LogP contribution in [0.25, 0.3) is 0 Å². The van der Waals surface area contributed by atoms with Gasteiger partial charge in [0.1, 0.15) is 39.8 Å². The van der Waals surface area contributed by atoms with Crippen LogP contribution in [0.5, 0.6) is 0 Å². The van der Waals surface area contributed by atoms with Crippen LogP contribution in [0, 0.1) is 0 Å². The predicted molar refractivity (Wildman–Crippen MR) is 105 cm³/mol. The number of aliphatic hydroxyl groups is 3. The summed E-state index contributed by atoms with van der Waals surface area (Å²) in [6.45, 7) is -0.797. The third-order valence-electron chi connectivity index (χ3n) is 4.38. The zero-order valence-corrected chi connectivity index (χ0v) is 16.7. The molecule has 176 valence electrons. The zero-order chi connectivity index (χ0) is 25.1. The van der Waals surface area contributed by atoms with Gasteiger partial charge in [0.2, 0.25) is 0 Å². The van der Waals surface area contributed by atoms with Crippen LogP contribution in [0.15, 0.2) is 25.0 Å². The fraction of sp³-hybridized carbons (Fsp3) is 0.500. The van der Waals surface area contributed by atoms with Gasteiger partial charge in [-0.25, -0.2) is 9.97 Å². The first kappa shape index (κ1) is 22.0. The maximum absolute atomic E-state index is 12.4. The second-order valence-corrected chi connectivity index (χ2v) is 6.88. The predicted octanol–water partition coefficient (Wildman–Crippen LogP) is -3.69. The molecular formula is C18H26N6O8. The van der Waals surface area contributed by atoms with Crippen molar-refractivity contribution >= 4 is 18.2 Å². The third kappa shape index (κ3) is 7.21. The number of hydrogen-bond donors (Lipinski definition) is 7. The van der Waals surface area contributed by atoms with E-state index in [9.17, 15) is 29.7 Å². The van der Waals surface area contributed by atoms with E-state index in [4.69, 9.17) is 12.3 Å². The number of imidazole rings is 2. The Morgan fingerprint density at radius 1 is 1.06 bits per heavy atom. The van der Waals surface area contributed by atoms with E-state index in [0.717, 1.165) is 0 Å². The van der Waals surface area contributed by atoms with E-state index in [0.29, 0.717) is 11.4 Å². The van der Waals surface area contributed by atoms with E-state index >= 15 is 0 Å². The van der Waals surface area contributed by atoms with Crippen LogP contribution < -0.4 is 11.5 Å². The minimum atomic E-state index is -2.04. The average Bonchev–Trinajstić information content (AvgIpc) is 3.55. The summed E-state index contributed by atoms with van der Waals surface area (Å²) in [5.41, 5.74) is 4.98. The maximum Gasteiger partial charge on any atom is 0.323 e. The second-order valence-electron chi connectivity index (χ2n) is 6.88. The number of nitrogens with two attached hydrogens (primary N) is 2. The molecule has 9 N–H and O–H groups in total. The molecule has 0 bridgehead atoms. The van der Waals surface area contributed by atoms with Gasteiger partial charge in [-0.2, -0.15) is 0 Å². The van der Waals surface area contributed by atoms with E-state index in [-0.39, 0.29) is 19.1 Å². The van der Waals surface area contributed by atoms with Crippen LogP contribution in [0.2, 0.25) is 2.82 Å². The quantitative estimate of drug-likeness (QED) is 0.101. The molecule has 0 aliphatic carbocycles. The van der Waals surface area contributed by atoms with Gasteiger partial charge in [0.05, 0.1) is 12.7 Å². The summed E-state index contributed by atoms with van der Waals surface area (Å²) >= 11 is 0. The minimum absolute atomic E-state index is 0.0115. The van der Waals surface area contributed by atoms with Gasteiger partial charge < -0.3 is 51.0 Å². The molecular weight excluding hydrogens is 428 g/mol. The number of nitrogens with zero attached hydrogens (tertiary/aromatic N) is 2. The van der Waals surface area contributed by atoms with E-state index < -0.39 is 55.0 Å². The Morgan fingerprint density at radius 3 is 2.09 bits per heavy atom. The Kier molecular flexibility index (Phi) is 8.28. The summed E-state index contributed by atoms with van der Waals surface area (Å²) in [7, 11) is 0.